The van der Waals surface area contributed by atoms with Gasteiger partial charge in [-0.3, -0.25) is 4.79 Å². The number of aliphatic carboxylic acids is 1. The summed E-state index contributed by atoms with van der Waals surface area (Å²) in [7, 11) is 0. The first-order valence-corrected chi connectivity index (χ1v) is 6.01. The van der Waals surface area contributed by atoms with Gasteiger partial charge in [0, 0.05) is 0 Å². The van der Waals surface area contributed by atoms with Gasteiger partial charge in [0.25, 0.3) is 0 Å². The Hall–Kier alpha value is -1.31. The molecule has 2 rings (SSSR count). The minimum Gasteiger partial charge on any atom is -0.481 e. The molecular weight excluding hydrogens is 200 g/mol. The second-order valence-corrected chi connectivity index (χ2v) is 4.69. The van der Waals surface area contributed by atoms with E-state index in [0.29, 0.717) is 0 Å². The average Bonchev–Trinajstić information content (AvgIpc) is 2.27. The van der Waals surface area contributed by atoms with Crippen LogP contribution in [0.3, 0.4) is 0 Å². The Labute approximate surface area is 96.3 Å². The number of hydrogen-bond acceptors (Lipinski definition) is 1. The molecule has 1 aromatic rings. The predicted octanol–water partition coefficient (Wildman–Crippen LogP) is 3.14. The SMILES string of the molecule is CC(CC(=O)O)c1cccc2c1CCCC2. The van der Waals surface area contributed by atoms with Gasteiger partial charge in [0.05, 0.1) is 6.42 Å². The van der Waals surface area contributed by atoms with Gasteiger partial charge < -0.3 is 5.11 Å². The lowest BCUT2D eigenvalue weighted by Gasteiger charge is -2.22. The highest BCUT2D eigenvalue weighted by Gasteiger charge is 2.18. The van der Waals surface area contributed by atoms with Gasteiger partial charge in [-0.25, -0.2) is 0 Å². The van der Waals surface area contributed by atoms with E-state index in [2.05, 4.69) is 18.2 Å². The first-order chi connectivity index (χ1) is 7.68. The Kier molecular flexibility index (Phi) is 3.28. The molecule has 1 unspecified atom stereocenters. The van der Waals surface area contributed by atoms with Crippen LogP contribution in [0, 0.1) is 0 Å². The van der Waals surface area contributed by atoms with Crippen LogP contribution in [0.5, 0.6) is 0 Å². The molecule has 0 aliphatic heterocycles. The second-order valence-electron chi connectivity index (χ2n) is 4.69. The highest BCUT2D eigenvalue weighted by atomic mass is 16.4. The second kappa shape index (κ2) is 4.69. The van der Waals surface area contributed by atoms with Crippen molar-refractivity contribution in [2.24, 2.45) is 0 Å². The Morgan fingerprint density at radius 3 is 2.88 bits per heavy atom. The molecule has 0 spiro atoms. The van der Waals surface area contributed by atoms with Gasteiger partial charge in [0.15, 0.2) is 0 Å². The van der Waals surface area contributed by atoms with E-state index in [0.717, 1.165) is 12.8 Å². The molecule has 2 heteroatoms. The third-order valence-corrected chi connectivity index (χ3v) is 3.44. The van der Waals surface area contributed by atoms with Crippen molar-refractivity contribution in [3.8, 4) is 0 Å². The van der Waals surface area contributed by atoms with Crippen LogP contribution in [0.1, 0.15) is 48.8 Å². The van der Waals surface area contributed by atoms with Crippen molar-refractivity contribution < 1.29 is 9.90 Å². The molecule has 2 nitrogen and oxygen atoms in total. The van der Waals surface area contributed by atoms with E-state index < -0.39 is 5.97 Å². The lowest BCUT2D eigenvalue weighted by atomic mass is 9.83. The first kappa shape index (κ1) is 11.2. The molecule has 0 heterocycles. The smallest absolute Gasteiger partial charge is 0.303 e. The van der Waals surface area contributed by atoms with Crippen LogP contribution in [0.25, 0.3) is 0 Å². The van der Waals surface area contributed by atoms with Gasteiger partial charge in [-0.2, -0.15) is 0 Å². The maximum absolute atomic E-state index is 10.8. The van der Waals surface area contributed by atoms with E-state index in [4.69, 9.17) is 5.11 Å². The Balaban J connectivity index is 2.29. The molecule has 1 atom stereocenters. The predicted molar refractivity (Wildman–Crippen MR) is 63.8 cm³/mol. The lowest BCUT2D eigenvalue weighted by molar-refractivity contribution is -0.137. The Bertz CT molecular complexity index is 396. The number of carbonyl (C=O) groups is 1. The molecule has 0 radical (unpaired) electrons. The zero-order chi connectivity index (χ0) is 11.5. The molecule has 0 fully saturated rings. The standard InChI is InChI=1S/C14H18O2/c1-10(9-14(15)16)12-8-4-6-11-5-2-3-7-13(11)12/h4,6,8,10H,2-3,5,7,9H2,1H3,(H,15,16). The summed E-state index contributed by atoms with van der Waals surface area (Å²) >= 11 is 0. The maximum Gasteiger partial charge on any atom is 0.303 e. The fraction of sp³-hybridized carbons (Fsp3) is 0.500. The first-order valence-electron chi connectivity index (χ1n) is 6.01. The number of hydrogen-bond donors (Lipinski definition) is 1. The molecule has 1 aromatic carbocycles. The van der Waals surface area contributed by atoms with Crippen molar-refractivity contribution in [2.75, 3.05) is 0 Å². The summed E-state index contributed by atoms with van der Waals surface area (Å²) in [6, 6.07) is 6.35. The summed E-state index contributed by atoms with van der Waals surface area (Å²) in [5.74, 6) is -0.577. The molecule has 1 aliphatic carbocycles. The van der Waals surface area contributed by atoms with Gasteiger partial charge in [-0.1, -0.05) is 25.1 Å². The molecule has 1 aliphatic rings. The van der Waals surface area contributed by atoms with Crippen molar-refractivity contribution in [3.63, 3.8) is 0 Å². The molecule has 0 aromatic heterocycles. The van der Waals surface area contributed by atoms with Crippen molar-refractivity contribution in [3.05, 3.63) is 34.9 Å². The van der Waals surface area contributed by atoms with E-state index in [1.807, 2.05) is 6.92 Å². The van der Waals surface area contributed by atoms with Crippen LogP contribution in [0.4, 0.5) is 0 Å². The molecule has 86 valence electrons. The highest BCUT2D eigenvalue weighted by molar-refractivity contribution is 5.68. The van der Waals surface area contributed by atoms with E-state index >= 15 is 0 Å². The third kappa shape index (κ3) is 2.26. The minimum atomic E-state index is -0.707. The largest absolute Gasteiger partial charge is 0.481 e. The zero-order valence-corrected chi connectivity index (χ0v) is 9.70. The van der Waals surface area contributed by atoms with Crippen LogP contribution >= 0.6 is 0 Å². The fourth-order valence-corrected chi connectivity index (χ4v) is 2.64. The van der Waals surface area contributed by atoms with Crippen molar-refractivity contribution in [1.82, 2.24) is 0 Å². The van der Waals surface area contributed by atoms with Crippen LogP contribution in [-0.4, -0.2) is 11.1 Å². The zero-order valence-electron chi connectivity index (χ0n) is 9.70. The molecular formula is C14H18O2. The molecule has 0 amide bonds. The summed E-state index contributed by atoms with van der Waals surface area (Å²) in [6.45, 7) is 2.01. The number of benzene rings is 1. The van der Waals surface area contributed by atoms with Gasteiger partial charge >= 0.3 is 5.97 Å². The van der Waals surface area contributed by atoms with Gasteiger partial charge in [0.2, 0.25) is 0 Å². The molecule has 0 saturated heterocycles. The minimum absolute atomic E-state index is 0.130. The summed E-state index contributed by atoms with van der Waals surface area (Å²) in [4.78, 5) is 10.8. The van der Waals surface area contributed by atoms with Gasteiger partial charge in [0.1, 0.15) is 0 Å². The van der Waals surface area contributed by atoms with E-state index in [9.17, 15) is 4.79 Å². The highest BCUT2D eigenvalue weighted by Crippen LogP contribution is 2.30. The molecule has 0 bridgehead atoms. The van der Waals surface area contributed by atoms with Crippen LogP contribution in [0.15, 0.2) is 18.2 Å². The summed E-state index contributed by atoms with van der Waals surface area (Å²) < 4.78 is 0. The fourth-order valence-electron chi connectivity index (χ4n) is 2.64. The van der Waals surface area contributed by atoms with Crippen LogP contribution in [-0.2, 0) is 17.6 Å². The molecule has 16 heavy (non-hydrogen) atoms. The molecule has 1 N–H and O–H groups in total. The van der Waals surface area contributed by atoms with E-state index in [-0.39, 0.29) is 12.3 Å². The van der Waals surface area contributed by atoms with Crippen molar-refractivity contribution in [2.45, 2.75) is 44.9 Å². The van der Waals surface area contributed by atoms with Crippen LogP contribution in [0.2, 0.25) is 0 Å². The number of carboxylic acid groups (broad SMARTS) is 1. The normalized spacial score (nSPS) is 16.6. The maximum atomic E-state index is 10.8. The number of carboxylic acids is 1. The lowest BCUT2D eigenvalue weighted by Crippen LogP contribution is -2.10. The van der Waals surface area contributed by atoms with Crippen molar-refractivity contribution in [1.29, 1.82) is 0 Å². The average molecular weight is 218 g/mol. The topological polar surface area (TPSA) is 37.3 Å². The van der Waals surface area contributed by atoms with Gasteiger partial charge in [-0.15, -0.1) is 0 Å². The van der Waals surface area contributed by atoms with Crippen molar-refractivity contribution >= 4 is 5.97 Å². The van der Waals surface area contributed by atoms with E-state index in [1.54, 1.807) is 0 Å². The Morgan fingerprint density at radius 1 is 1.38 bits per heavy atom. The van der Waals surface area contributed by atoms with E-state index in [1.165, 1.54) is 29.5 Å². The number of aryl methyl sites for hydroxylation is 1. The third-order valence-electron chi connectivity index (χ3n) is 3.44. The summed E-state index contributed by atoms with van der Waals surface area (Å²) in [5.41, 5.74) is 4.10. The number of fused-ring (bicyclic) bond motifs is 1. The summed E-state index contributed by atoms with van der Waals surface area (Å²) in [6.07, 6.45) is 5.02. The number of rotatable bonds is 3. The Morgan fingerprint density at radius 2 is 2.12 bits per heavy atom. The quantitative estimate of drug-likeness (QED) is 0.846. The molecule has 0 saturated carbocycles. The van der Waals surface area contributed by atoms with Gasteiger partial charge in [-0.05, 0) is 48.3 Å². The monoisotopic (exact) mass is 218 g/mol. The summed E-state index contributed by atoms with van der Waals surface area (Å²) in [5, 5.41) is 8.85. The van der Waals surface area contributed by atoms with Crippen LogP contribution < -0.4 is 0 Å².